The summed E-state index contributed by atoms with van der Waals surface area (Å²) in [5, 5.41) is 21.5. The van der Waals surface area contributed by atoms with Crippen LogP contribution in [0.3, 0.4) is 0 Å². The van der Waals surface area contributed by atoms with E-state index in [1.165, 1.54) is 0 Å². The summed E-state index contributed by atoms with van der Waals surface area (Å²) in [6.45, 7) is 0. The number of aromatic nitrogens is 6. The number of phenols is 1. The molecule has 28 heavy (non-hydrogen) atoms. The van der Waals surface area contributed by atoms with Crippen LogP contribution in [-0.2, 0) is 12.8 Å². The molecule has 0 radical (unpaired) electrons. The molecule has 0 amide bonds. The fourth-order valence-electron chi connectivity index (χ4n) is 4.04. The van der Waals surface area contributed by atoms with Gasteiger partial charge in [0.1, 0.15) is 12.1 Å². The van der Waals surface area contributed by atoms with Crippen molar-refractivity contribution in [3.05, 3.63) is 59.8 Å². The average Bonchev–Trinajstić information content (AvgIpc) is 3.44. The van der Waals surface area contributed by atoms with Crippen molar-refractivity contribution in [3.8, 4) is 5.75 Å². The summed E-state index contributed by atoms with van der Waals surface area (Å²) in [6, 6.07) is 7.08. The number of rotatable bonds is 5. The first kappa shape index (κ1) is 16.9. The van der Waals surface area contributed by atoms with Gasteiger partial charge >= 0.3 is 0 Å². The Morgan fingerprint density at radius 2 is 2.04 bits per heavy atom. The van der Waals surface area contributed by atoms with Gasteiger partial charge in [-0.25, -0.2) is 9.97 Å². The number of fused-ring (bicyclic) bond motifs is 1. The minimum atomic E-state index is 0.255. The van der Waals surface area contributed by atoms with Crippen molar-refractivity contribution in [1.29, 1.82) is 0 Å². The molecule has 1 aliphatic rings. The van der Waals surface area contributed by atoms with Crippen LogP contribution in [-0.4, -0.2) is 35.4 Å². The molecule has 0 saturated heterocycles. The number of aromatic hydroxyl groups is 1. The number of phenolic OH excluding ortho intramolecular Hbond substituents is 1. The molecule has 2 N–H and O–H groups in total. The van der Waals surface area contributed by atoms with Crippen LogP contribution in [0.4, 0.5) is 0 Å². The molecule has 8 heteroatoms. The zero-order valence-electron chi connectivity index (χ0n) is 15.2. The number of nitrogens with one attached hydrogen (secondary N) is 1. The van der Waals surface area contributed by atoms with Crippen LogP contribution in [0.15, 0.2) is 41.3 Å². The Balaban J connectivity index is 1.24. The van der Waals surface area contributed by atoms with Gasteiger partial charge in [0.05, 0.1) is 17.3 Å². The van der Waals surface area contributed by atoms with E-state index < -0.39 is 0 Å². The normalized spacial score (nSPS) is 19.4. The van der Waals surface area contributed by atoms with Gasteiger partial charge in [0.15, 0.2) is 11.5 Å². The summed E-state index contributed by atoms with van der Waals surface area (Å²) in [5.41, 5.74) is 2.88. The van der Waals surface area contributed by atoms with Crippen LogP contribution in [0, 0.1) is 5.92 Å². The van der Waals surface area contributed by atoms with Crippen molar-refractivity contribution in [1.82, 2.24) is 30.3 Å². The quantitative estimate of drug-likeness (QED) is 0.550. The molecule has 0 spiro atoms. The maximum Gasteiger partial charge on any atom is 0.229 e. The molecule has 8 nitrogen and oxygen atoms in total. The van der Waals surface area contributed by atoms with Gasteiger partial charge in [-0.2, -0.15) is 10.1 Å². The number of aromatic amines is 1. The lowest BCUT2D eigenvalue weighted by atomic mass is 9.98. The Kier molecular flexibility index (Phi) is 4.23. The van der Waals surface area contributed by atoms with Crippen LogP contribution < -0.4 is 0 Å². The van der Waals surface area contributed by atoms with E-state index in [-0.39, 0.29) is 5.75 Å². The molecule has 1 aliphatic carbocycles. The summed E-state index contributed by atoms with van der Waals surface area (Å²) in [5.74, 6) is 2.50. The first-order valence-corrected chi connectivity index (χ1v) is 9.48. The summed E-state index contributed by atoms with van der Waals surface area (Å²) in [7, 11) is 0. The molecule has 3 heterocycles. The molecule has 5 rings (SSSR count). The minimum absolute atomic E-state index is 0.255. The van der Waals surface area contributed by atoms with Crippen molar-refractivity contribution >= 4 is 11.0 Å². The van der Waals surface area contributed by atoms with Crippen molar-refractivity contribution in [3.63, 3.8) is 0 Å². The lowest BCUT2D eigenvalue weighted by Crippen LogP contribution is -2.03. The van der Waals surface area contributed by atoms with Crippen LogP contribution in [0.5, 0.6) is 5.75 Å². The van der Waals surface area contributed by atoms with Crippen LogP contribution in [0.2, 0.25) is 0 Å². The SMILES string of the molecule is Oc1ccc(Cc2noc([C@H]3CC[C@H](Cc4ncnc5[nH]ncc45)C3)n2)cc1. The van der Waals surface area contributed by atoms with Crippen LogP contribution in [0.25, 0.3) is 11.0 Å². The highest BCUT2D eigenvalue weighted by Crippen LogP contribution is 2.39. The molecule has 0 unspecified atom stereocenters. The Morgan fingerprint density at radius 3 is 2.93 bits per heavy atom. The molecular weight excluding hydrogens is 356 g/mol. The van der Waals surface area contributed by atoms with Crippen molar-refractivity contribution in [2.75, 3.05) is 0 Å². The van der Waals surface area contributed by atoms with Gasteiger partial charge in [0.25, 0.3) is 0 Å². The smallest absolute Gasteiger partial charge is 0.229 e. The second-order valence-electron chi connectivity index (χ2n) is 7.42. The number of benzene rings is 1. The van der Waals surface area contributed by atoms with Crippen LogP contribution in [0.1, 0.15) is 48.2 Å². The standard InChI is InChI=1S/C20H20N6O2/c27-15-5-2-12(3-6-15)9-18-24-20(28-26-18)14-4-1-13(7-14)8-17-16-10-23-25-19(16)22-11-21-17/h2-3,5-6,10-11,13-14,27H,1,4,7-9H2,(H,21,22,23,25)/t13-,14-/m0/s1. The Bertz CT molecular complexity index is 1090. The molecule has 1 saturated carbocycles. The van der Waals surface area contributed by atoms with E-state index in [2.05, 4.69) is 30.3 Å². The van der Waals surface area contributed by atoms with Gasteiger partial charge < -0.3 is 9.63 Å². The number of H-pyrrole nitrogens is 1. The molecular formula is C20H20N6O2. The second kappa shape index (κ2) is 7.03. The zero-order chi connectivity index (χ0) is 18.9. The third-order valence-electron chi connectivity index (χ3n) is 5.49. The van der Waals surface area contributed by atoms with E-state index in [1.807, 2.05) is 12.1 Å². The predicted molar refractivity (Wildman–Crippen MR) is 101 cm³/mol. The summed E-state index contributed by atoms with van der Waals surface area (Å²) in [6.07, 6.45) is 8.07. The maximum atomic E-state index is 9.38. The molecule has 1 aromatic carbocycles. The van der Waals surface area contributed by atoms with Gasteiger partial charge in [-0.05, 0) is 49.3 Å². The van der Waals surface area contributed by atoms with Gasteiger partial charge in [0.2, 0.25) is 5.89 Å². The Labute approximate surface area is 161 Å². The lowest BCUT2D eigenvalue weighted by molar-refractivity contribution is 0.347. The molecule has 0 aliphatic heterocycles. The molecule has 3 aromatic heterocycles. The van der Waals surface area contributed by atoms with Crippen molar-refractivity contribution in [2.45, 2.75) is 38.0 Å². The molecule has 4 aromatic rings. The molecule has 0 bridgehead atoms. The van der Waals surface area contributed by atoms with Gasteiger partial charge in [-0.3, -0.25) is 5.10 Å². The summed E-state index contributed by atoms with van der Waals surface area (Å²) in [4.78, 5) is 13.3. The second-order valence-corrected chi connectivity index (χ2v) is 7.42. The molecule has 142 valence electrons. The van der Waals surface area contributed by atoms with Crippen molar-refractivity contribution in [2.24, 2.45) is 5.92 Å². The van der Waals surface area contributed by atoms with E-state index in [1.54, 1.807) is 24.7 Å². The van der Waals surface area contributed by atoms with E-state index >= 15 is 0 Å². The molecule has 1 fully saturated rings. The Morgan fingerprint density at radius 1 is 1.14 bits per heavy atom. The monoisotopic (exact) mass is 376 g/mol. The first-order chi connectivity index (χ1) is 13.7. The van der Waals surface area contributed by atoms with Gasteiger partial charge in [-0.1, -0.05) is 17.3 Å². The lowest BCUT2D eigenvalue weighted by Gasteiger charge is -2.09. The summed E-state index contributed by atoms with van der Waals surface area (Å²) >= 11 is 0. The highest BCUT2D eigenvalue weighted by Gasteiger charge is 2.30. The topological polar surface area (TPSA) is 114 Å². The third kappa shape index (κ3) is 3.33. The first-order valence-electron chi connectivity index (χ1n) is 9.48. The highest BCUT2D eigenvalue weighted by atomic mass is 16.5. The summed E-state index contributed by atoms with van der Waals surface area (Å²) < 4.78 is 5.55. The third-order valence-corrected chi connectivity index (χ3v) is 5.49. The van der Waals surface area contributed by atoms with E-state index in [0.29, 0.717) is 24.1 Å². The Hall–Kier alpha value is -3.29. The largest absolute Gasteiger partial charge is 0.508 e. The number of hydrogen-bond acceptors (Lipinski definition) is 7. The predicted octanol–water partition coefficient (Wildman–Crippen LogP) is 3.16. The average molecular weight is 376 g/mol. The van der Waals surface area contributed by atoms with E-state index in [4.69, 9.17) is 4.52 Å². The fraction of sp³-hybridized carbons (Fsp3) is 0.350. The van der Waals surface area contributed by atoms with Gasteiger partial charge in [-0.15, -0.1) is 0 Å². The van der Waals surface area contributed by atoms with Crippen LogP contribution >= 0.6 is 0 Å². The fourth-order valence-corrected chi connectivity index (χ4v) is 4.04. The van der Waals surface area contributed by atoms with E-state index in [0.717, 1.165) is 53.9 Å². The number of hydrogen-bond donors (Lipinski definition) is 2. The molecule has 2 atom stereocenters. The zero-order valence-corrected chi connectivity index (χ0v) is 15.2. The van der Waals surface area contributed by atoms with Crippen molar-refractivity contribution < 1.29 is 9.63 Å². The number of nitrogens with zero attached hydrogens (tertiary/aromatic N) is 5. The van der Waals surface area contributed by atoms with E-state index in [9.17, 15) is 5.11 Å². The minimum Gasteiger partial charge on any atom is -0.508 e. The van der Waals surface area contributed by atoms with Gasteiger partial charge in [0, 0.05) is 12.3 Å². The maximum absolute atomic E-state index is 9.38. The highest BCUT2D eigenvalue weighted by molar-refractivity contribution is 5.76.